The standard InChI is InChI=1S/C43H85NO6S/c1-3-5-7-9-11-13-15-17-19-20-21-22-23-24-26-28-30-32-34-36-38-42(46)43(47)44-40(39-51(48,49)50)41(45)37-35-33-31-29-27-25-18-16-14-12-10-8-6-4-2/h22-23,40-42,45-46H,3-21,24-39H2,1-2H3,(H,44,47)(H,48,49,50)/b23-22-. The highest BCUT2D eigenvalue weighted by atomic mass is 32.2. The van der Waals surface area contributed by atoms with E-state index in [1.54, 1.807) is 0 Å². The maximum atomic E-state index is 12.6. The largest absolute Gasteiger partial charge is 0.391 e. The number of nitrogens with one attached hydrogen (secondary N) is 1. The van der Waals surface area contributed by atoms with Gasteiger partial charge in [0, 0.05) is 0 Å². The van der Waals surface area contributed by atoms with Crippen LogP contribution < -0.4 is 5.32 Å². The first kappa shape index (κ1) is 50.0. The number of carbonyl (C=O) groups is 1. The molecule has 0 saturated carbocycles. The zero-order valence-electron chi connectivity index (χ0n) is 33.6. The zero-order valence-corrected chi connectivity index (χ0v) is 34.4. The topological polar surface area (TPSA) is 124 Å². The Kier molecular flexibility index (Phi) is 36.7. The van der Waals surface area contributed by atoms with Gasteiger partial charge in [0.05, 0.1) is 17.9 Å². The van der Waals surface area contributed by atoms with Gasteiger partial charge in [-0.2, -0.15) is 8.42 Å². The molecule has 3 unspecified atom stereocenters. The van der Waals surface area contributed by atoms with Crippen LogP contribution in [0.4, 0.5) is 0 Å². The molecule has 1 amide bonds. The molecule has 4 N–H and O–H groups in total. The van der Waals surface area contributed by atoms with E-state index in [9.17, 15) is 28.0 Å². The lowest BCUT2D eigenvalue weighted by Gasteiger charge is -2.24. The van der Waals surface area contributed by atoms with Crippen LogP contribution in [-0.4, -0.2) is 53.1 Å². The first-order chi connectivity index (χ1) is 24.7. The van der Waals surface area contributed by atoms with E-state index in [2.05, 4.69) is 31.3 Å². The average molecular weight is 744 g/mol. The molecule has 0 aromatic heterocycles. The van der Waals surface area contributed by atoms with Gasteiger partial charge in [-0.3, -0.25) is 9.35 Å². The molecule has 0 rings (SSSR count). The molecule has 0 saturated heterocycles. The molecule has 0 spiro atoms. The molecule has 0 fully saturated rings. The van der Waals surface area contributed by atoms with Crippen molar-refractivity contribution in [2.24, 2.45) is 0 Å². The molecule has 0 aliphatic rings. The predicted molar refractivity (Wildman–Crippen MR) is 218 cm³/mol. The highest BCUT2D eigenvalue weighted by Gasteiger charge is 2.28. The lowest BCUT2D eigenvalue weighted by molar-refractivity contribution is -0.131. The zero-order chi connectivity index (χ0) is 37.7. The fourth-order valence-electron chi connectivity index (χ4n) is 6.93. The molecule has 0 bridgehead atoms. The Morgan fingerprint density at radius 3 is 1.18 bits per heavy atom. The van der Waals surface area contributed by atoms with Crippen molar-refractivity contribution in [1.29, 1.82) is 0 Å². The molecule has 0 aromatic carbocycles. The summed E-state index contributed by atoms with van der Waals surface area (Å²) in [5.74, 6) is -1.45. The van der Waals surface area contributed by atoms with E-state index in [1.807, 2.05) is 0 Å². The highest BCUT2D eigenvalue weighted by Crippen LogP contribution is 2.16. The number of amides is 1. The van der Waals surface area contributed by atoms with E-state index in [1.165, 1.54) is 148 Å². The van der Waals surface area contributed by atoms with Crippen molar-refractivity contribution >= 4 is 16.0 Å². The maximum Gasteiger partial charge on any atom is 0.266 e. The van der Waals surface area contributed by atoms with Crippen LogP contribution in [0, 0.1) is 0 Å². The van der Waals surface area contributed by atoms with Crippen molar-refractivity contribution in [3.05, 3.63) is 12.2 Å². The number of hydrogen-bond donors (Lipinski definition) is 4. The van der Waals surface area contributed by atoms with Crippen molar-refractivity contribution in [2.75, 3.05) is 5.75 Å². The SMILES string of the molecule is CCCCCCCCCCCC/C=C\CCCCCCCCC(O)C(=O)NC(CS(=O)(=O)O)C(O)CCCCCCCCCCCCCCCC. The number of hydrogen-bond acceptors (Lipinski definition) is 5. The van der Waals surface area contributed by atoms with Gasteiger partial charge in [-0.25, -0.2) is 0 Å². The van der Waals surface area contributed by atoms with Crippen LogP contribution in [0.5, 0.6) is 0 Å². The second kappa shape index (κ2) is 37.4. The molecule has 304 valence electrons. The summed E-state index contributed by atoms with van der Waals surface area (Å²) in [6.45, 7) is 4.52. The quantitative estimate of drug-likeness (QED) is 0.0281. The van der Waals surface area contributed by atoms with E-state index in [0.29, 0.717) is 19.3 Å². The minimum Gasteiger partial charge on any atom is -0.391 e. The van der Waals surface area contributed by atoms with Crippen molar-refractivity contribution in [3.63, 3.8) is 0 Å². The minimum atomic E-state index is -4.41. The number of carbonyl (C=O) groups excluding carboxylic acids is 1. The van der Waals surface area contributed by atoms with Gasteiger partial charge < -0.3 is 15.5 Å². The van der Waals surface area contributed by atoms with Crippen LogP contribution in [0.15, 0.2) is 12.2 Å². The second-order valence-corrected chi connectivity index (χ2v) is 17.0. The summed E-state index contributed by atoms with van der Waals surface area (Å²) < 4.78 is 32.6. The lowest BCUT2D eigenvalue weighted by Crippen LogP contribution is -2.50. The van der Waals surface area contributed by atoms with Gasteiger partial charge in [0.15, 0.2) is 0 Å². The van der Waals surface area contributed by atoms with Crippen LogP contribution in [-0.2, 0) is 14.9 Å². The van der Waals surface area contributed by atoms with Gasteiger partial charge in [0.2, 0.25) is 5.91 Å². The third-order valence-electron chi connectivity index (χ3n) is 10.3. The summed E-state index contributed by atoms with van der Waals surface area (Å²) in [5, 5.41) is 23.6. The fourth-order valence-corrected chi connectivity index (χ4v) is 7.69. The average Bonchev–Trinajstić information content (AvgIpc) is 3.09. The van der Waals surface area contributed by atoms with Crippen molar-refractivity contribution in [3.8, 4) is 0 Å². The van der Waals surface area contributed by atoms with E-state index < -0.39 is 40.0 Å². The van der Waals surface area contributed by atoms with Crippen LogP contribution in [0.25, 0.3) is 0 Å². The predicted octanol–water partition coefficient (Wildman–Crippen LogP) is 11.9. The number of aliphatic hydroxyl groups excluding tert-OH is 2. The molecule has 0 radical (unpaired) electrons. The Balaban J connectivity index is 3.92. The molecule has 0 aliphatic carbocycles. The van der Waals surface area contributed by atoms with Gasteiger partial charge in [-0.05, 0) is 38.5 Å². The van der Waals surface area contributed by atoms with Crippen LogP contribution in [0.1, 0.15) is 232 Å². The highest BCUT2D eigenvalue weighted by molar-refractivity contribution is 7.85. The Labute approximate surface area is 316 Å². The van der Waals surface area contributed by atoms with Gasteiger partial charge in [0.25, 0.3) is 10.1 Å². The first-order valence-corrected chi connectivity index (χ1v) is 23.6. The van der Waals surface area contributed by atoms with E-state index in [0.717, 1.165) is 51.4 Å². The normalized spacial score (nSPS) is 13.9. The first-order valence-electron chi connectivity index (χ1n) is 22.0. The van der Waals surface area contributed by atoms with Gasteiger partial charge in [-0.1, -0.05) is 206 Å². The van der Waals surface area contributed by atoms with Gasteiger partial charge in [-0.15, -0.1) is 0 Å². The summed E-state index contributed by atoms with van der Waals surface area (Å²) in [6, 6.07) is -1.15. The Morgan fingerprint density at radius 1 is 0.510 bits per heavy atom. The van der Waals surface area contributed by atoms with Gasteiger partial charge >= 0.3 is 0 Å². The molecule has 0 aliphatic heterocycles. The molecular formula is C43H85NO6S. The molecule has 3 atom stereocenters. The number of unbranched alkanes of at least 4 members (excludes halogenated alkanes) is 29. The van der Waals surface area contributed by atoms with E-state index in [-0.39, 0.29) is 0 Å². The Hall–Kier alpha value is -0.960. The summed E-state index contributed by atoms with van der Waals surface area (Å²) in [4.78, 5) is 12.6. The third-order valence-corrected chi connectivity index (χ3v) is 11.1. The van der Waals surface area contributed by atoms with Crippen LogP contribution >= 0.6 is 0 Å². The summed E-state index contributed by atoms with van der Waals surface area (Å²) >= 11 is 0. The Morgan fingerprint density at radius 2 is 0.824 bits per heavy atom. The summed E-state index contributed by atoms with van der Waals surface area (Å²) in [7, 11) is -4.41. The lowest BCUT2D eigenvalue weighted by atomic mass is 10.0. The number of aliphatic hydroxyl groups is 2. The number of rotatable bonds is 40. The second-order valence-electron chi connectivity index (χ2n) is 15.5. The fraction of sp³-hybridized carbons (Fsp3) is 0.930. The molecule has 0 heterocycles. The van der Waals surface area contributed by atoms with Crippen LogP contribution in [0.2, 0.25) is 0 Å². The monoisotopic (exact) mass is 744 g/mol. The Bertz CT molecular complexity index is 880. The molecule has 51 heavy (non-hydrogen) atoms. The van der Waals surface area contributed by atoms with E-state index >= 15 is 0 Å². The molecule has 7 nitrogen and oxygen atoms in total. The van der Waals surface area contributed by atoms with E-state index in [4.69, 9.17) is 0 Å². The van der Waals surface area contributed by atoms with Crippen molar-refractivity contribution < 1.29 is 28.0 Å². The third kappa shape index (κ3) is 37.2. The summed E-state index contributed by atoms with van der Waals surface area (Å²) in [6.07, 6.45) is 42.3. The van der Waals surface area contributed by atoms with Crippen molar-refractivity contribution in [2.45, 2.75) is 250 Å². The minimum absolute atomic E-state index is 0.293. The maximum absolute atomic E-state index is 12.6. The van der Waals surface area contributed by atoms with Crippen molar-refractivity contribution in [1.82, 2.24) is 5.32 Å². The van der Waals surface area contributed by atoms with Gasteiger partial charge in [0.1, 0.15) is 6.10 Å². The summed E-state index contributed by atoms with van der Waals surface area (Å²) in [5.41, 5.74) is 0. The molecular weight excluding hydrogens is 659 g/mol. The molecule has 8 heteroatoms. The van der Waals surface area contributed by atoms with Crippen LogP contribution in [0.3, 0.4) is 0 Å². The molecule has 0 aromatic rings. The smallest absolute Gasteiger partial charge is 0.266 e. The number of allylic oxidation sites excluding steroid dienone is 2.